The monoisotopic (exact) mass is 486 g/mol. The third-order valence-electron chi connectivity index (χ3n) is 6.41. The average molecular weight is 487 g/mol. The second kappa shape index (κ2) is 8.27. The molecule has 2 aliphatic heterocycles. The first-order valence-electron chi connectivity index (χ1n) is 10.9. The molecular formula is C23H26N4O4S2. The molecule has 3 aromatic rings. The predicted molar refractivity (Wildman–Crippen MR) is 127 cm³/mol. The number of thiazole rings is 1. The summed E-state index contributed by atoms with van der Waals surface area (Å²) in [6.07, 6.45) is 0.701. The van der Waals surface area contributed by atoms with E-state index in [2.05, 4.69) is 4.98 Å². The van der Waals surface area contributed by atoms with Crippen LogP contribution < -0.4 is 4.31 Å². The Bertz CT molecular complexity index is 1340. The quantitative estimate of drug-likeness (QED) is 0.566. The summed E-state index contributed by atoms with van der Waals surface area (Å²) in [5.41, 5.74) is 3.77. The van der Waals surface area contributed by atoms with Crippen molar-refractivity contribution in [2.75, 3.05) is 37.2 Å². The number of carbonyl (C=O) groups excluding carboxylic acids is 1. The molecule has 1 amide bonds. The molecule has 0 N–H and O–H groups in total. The molecule has 1 aromatic carbocycles. The number of sulfonamides is 1. The lowest BCUT2D eigenvalue weighted by atomic mass is 10.2. The summed E-state index contributed by atoms with van der Waals surface area (Å²) in [7, 11) is -1.89. The van der Waals surface area contributed by atoms with Crippen molar-refractivity contribution in [3.8, 4) is 10.7 Å². The standard InChI is InChI=1S/C23H26N4O4S2/c1-15-21(23(28)26-10-12-31-13-11-26)32-22(24-15)19-14-20(16(2)25(19)3)33(29,30)27-9-8-17-6-4-5-7-18(17)27/h4-7,14H,8-13H2,1-3H3. The highest BCUT2D eigenvalue weighted by Gasteiger charge is 2.34. The lowest BCUT2D eigenvalue weighted by molar-refractivity contribution is 0.0305. The normalized spacial score (nSPS) is 16.3. The highest BCUT2D eigenvalue weighted by molar-refractivity contribution is 7.93. The van der Waals surface area contributed by atoms with Crippen molar-refractivity contribution < 1.29 is 17.9 Å². The van der Waals surface area contributed by atoms with Crippen LogP contribution in [-0.4, -0.2) is 61.6 Å². The molecule has 33 heavy (non-hydrogen) atoms. The summed E-state index contributed by atoms with van der Waals surface area (Å²) in [4.78, 5) is 20.3. The van der Waals surface area contributed by atoms with E-state index in [0.29, 0.717) is 66.2 Å². The first-order valence-corrected chi connectivity index (χ1v) is 13.2. The van der Waals surface area contributed by atoms with Crippen molar-refractivity contribution in [2.24, 2.45) is 7.05 Å². The Balaban J connectivity index is 1.51. The van der Waals surface area contributed by atoms with Crippen LogP contribution in [0.4, 0.5) is 5.69 Å². The van der Waals surface area contributed by atoms with E-state index in [9.17, 15) is 13.2 Å². The number of para-hydroxylation sites is 1. The third-order valence-corrected chi connectivity index (χ3v) is 9.51. The van der Waals surface area contributed by atoms with Crippen molar-refractivity contribution in [1.82, 2.24) is 14.5 Å². The van der Waals surface area contributed by atoms with Gasteiger partial charge in [0, 0.05) is 32.4 Å². The summed E-state index contributed by atoms with van der Waals surface area (Å²) < 4.78 is 35.9. The van der Waals surface area contributed by atoms with E-state index in [1.165, 1.54) is 15.6 Å². The molecule has 8 nitrogen and oxygen atoms in total. The number of hydrogen-bond donors (Lipinski definition) is 0. The molecule has 2 aromatic heterocycles. The van der Waals surface area contributed by atoms with E-state index in [4.69, 9.17) is 4.74 Å². The van der Waals surface area contributed by atoms with Gasteiger partial charge in [0.25, 0.3) is 15.9 Å². The number of rotatable bonds is 4. The molecule has 0 radical (unpaired) electrons. The van der Waals surface area contributed by atoms with Crippen molar-refractivity contribution in [1.29, 1.82) is 0 Å². The van der Waals surface area contributed by atoms with Gasteiger partial charge in [-0.15, -0.1) is 11.3 Å². The summed E-state index contributed by atoms with van der Waals surface area (Å²) in [5.74, 6) is -0.0491. The van der Waals surface area contributed by atoms with E-state index < -0.39 is 10.0 Å². The number of amides is 1. The molecule has 1 fully saturated rings. The smallest absolute Gasteiger partial charge is 0.266 e. The van der Waals surface area contributed by atoms with Gasteiger partial charge in [-0.3, -0.25) is 9.10 Å². The number of morpholine rings is 1. The molecule has 1 saturated heterocycles. The molecule has 174 valence electrons. The molecule has 5 rings (SSSR count). The lowest BCUT2D eigenvalue weighted by Gasteiger charge is -2.26. The fourth-order valence-electron chi connectivity index (χ4n) is 4.43. The molecule has 0 unspecified atom stereocenters. The number of nitrogens with zero attached hydrogens (tertiary/aromatic N) is 4. The number of carbonyl (C=O) groups is 1. The third kappa shape index (κ3) is 3.66. The predicted octanol–water partition coefficient (Wildman–Crippen LogP) is 2.99. The van der Waals surface area contributed by atoms with Crippen molar-refractivity contribution in [3.05, 3.63) is 52.2 Å². The molecule has 0 bridgehead atoms. The Kier molecular flexibility index (Phi) is 5.54. The Morgan fingerprint density at radius 1 is 1.12 bits per heavy atom. The van der Waals surface area contributed by atoms with E-state index in [0.717, 1.165) is 11.3 Å². The lowest BCUT2D eigenvalue weighted by Crippen LogP contribution is -2.40. The second-order valence-electron chi connectivity index (χ2n) is 8.33. The van der Waals surface area contributed by atoms with Gasteiger partial charge in [0.15, 0.2) is 0 Å². The fourth-order valence-corrected chi connectivity index (χ4v) is 7.29. The number of anilines is 1. The highest BCUT2D eigenvalue weighted by atomic mass is 32.2. The molecule has 2 aliphatic rings. The van der Waals surface area contributed by atoms with Gasteiger partial charge >= 0.3 is 0 Å². The van der Waals surface area contributed by atoms with Crippen molar-refractivity contribution >= 4 is 33.0 Å². The fraction of sp³-hybridized carbons (Fsp3) is 0.391. The van der Waals surface area contributed by atoms with Gasteiger partial charge in [-0.2, -0.15) is 0 Å². The van der Waals surface area contributed by atoms with E-state index in [1.54, 1.807) is 17.9 Å². The minimum atomic E-state index is -3.73. The maximum Gasteiger partial charge on any atom is 0.266 e. The summed E-state index contributed by atoms with van der Waals surface area (Å²) in [6, 6.07) is 9.31. The van der Waals surface area contributed by atoms with Crippen molar-refractivity contribution in [2.45, 2.75) is 25.2 Å². The SMILES string of the molecule is Cc1nc(-c2cc(S(=O)(=O)N3CCc4ccccc43)c(C)n2C)sc1C(=O)N1CCOCC1. The minimum absolute atomic E-state index is 0.0491. The van der Waals surface area contributed by atoms with E-state index >= 15 is 0 Å². The van der Waals surface area contributed by atoms with Crippen LogP contribution >= 0.6 is 11.3 Å². The zero-order chi connectivity index (χ0) is 23.3. The number of fused-ring (bicyclic) bond motifs is 1. The van der Waals surface area contributed by atoms with Gasteiger partial charge in [0.2, 0.25) is 0 Å². The summed E-state index contributed by atoms with van der Waals surface area (Å²) in [5, 5.41) is 0.637. The maximum atomic E-state index is 13.6. The molecule has 0 atom stereocenters. The molecule has 0 aliphatic carbocycles. The average Bonchev–Trinajstić information content (AvgIpc) is 3.50. The summed E-state index contributed by atoms with van der Waals surface area (Å²) >= 11 is 1.31. The van der Waals surface area contributed by atoms with Crippen LogP contribution in [-0.2, 0) is 28.2 Å². The number of hydrogen-bond acceptors (Lipinski definition) is 6. The van der Waals surface area contributed by atoms with Crippen LogP contribution in [0.5, 0.6) is 0 Å². The number of aryl methyl sites for hydroxylation is 1. The second-order valence-corrected chi connectivity index (χ2v) is 11.2. The molecule has 10 heteroatoms. The summed E-state index contributed by atoms with van der Waals surface area (Å²) in [6.45, 7) is 6.26. The zero-order valence-electron chi connectivity index (χ0n) is 18.9. The zero-order valence-corrected chi connectivity index (χ0v) is 20.5. The number of aromatic nitrogens is 2. The first-order chi connectivity index (χ1) is 15.8. The van der Waals surface area contributed by atoms with Gasteiger partial charge in [-0.25, -0.2) is 13.4 Å². The van der Waals surface area contributed by atoms with Crippen LogP contribution in [0.25, 0.3) is 10.7 Å². The Morgan fingerprint density at radius 2 is 1.85 bits per heavy atom. The molecule has 0 saturated carbocycles. The topological polar surface area (TPSA) is 84.7 Å². The van der Waals surface area contributed by atoms with Gasteiger partial charge in [-0.05, 0) is 38.0 Å². The van der Waals surface area contributed by atoms with Gasteiger partial charge in [0.05, 0.1) is 30.3 Å². The molecular weight excluding hydrogens is 460 g/mol. The van der Waals surface area contributed by atoms with Gasteiger partial charge in [0.1, 0.15) is 14.8 Å². The Morgan fingerprint density at radius 3 is 2.61 bits per heavy atom. The Hall–Kier alpha value is -2.69. The van der Waals surface area contributed by atoms with Crippen LogP contribution in [0.1, 0.15) is 26.6 Å². The van der Waals surface area contributed by atoms with Crippen LogP contribution in [0.2, 0.25) is 0 Å². The van der Waals surface area contributed by atoms with E-state index in [1.807, 2.05) is 42.8 Å². The first kappa shape index (κ1) is 22.1. The largest absolute Gasteiger partial charge is 0.378 e. The molecule has 0 spiro atoms. The minimum Gasteiger partial charge on any atom is -0.378 e. The number of benzene rings is 1. The van der Waals surface area contributed by atoms with Crippen LogP contribution in [0.3, 0.4) is 0 Å². The van der Waals surface area contributed by atoms with Crippen molar-refractivity contribution in [3.63, 3.8) is 0 Å². The Labute approximate surface area is 197 Å². The number of ether oxygens (including phenoxy) is 1. The van der Waals surface area contributed by atoms with Crippen LogP contribution in [0, 0.1) is 13.8 Å². The van der Waals surface area contributed by atoms with E-state index in [-0.39, 0.29) is 10.8 Å². The maximum absolute atomic E-state index is 13.6. The molecule has 4 heterocycles. The highest BCUT2D eigenvalue weighted by Crippen LogP contribution is 2.37. The van der Waals surface area contributed by atoms with Gasteiger partial charge < -0.3 is 14.2 Å². The van der Waals surface area contributed by atoms with Crippen LogP contribution in [0.15, 0.2) is 35.2 Å². The van der Waals surface area contributed by atoms with Gasteiger partial charge in [-0.1, -0.05) is 18.2 Å².